The summed E-state index contributed by atoms with van der Waals surface area (Å²) < 4.78 is -0.463. The molecular weight excluding hydrogens is 954 g/mol. The number of carbonyl (C=O) groups excluding carboxylic acids is 2. The van der Waals surface area contributed by atoms with Crippen LogP contribution in [0, 0.1) is 5.92 Å². The average molecular weight is 1020 g/mol. The van der Waals surface area contributed by atoms with E-state index in [0.29, 0.717) is 47.1 Å². The molecule has 9 rings (SSSR count). The van der Waals surface area contributed by atoms with Gasteiger partial charge < -0.3 is 5.32 Å². The molecule has 2 saturated heterocycles. The summed E-state index contributed by atoms with van der Waals surface area (Å²) in [6.07, 6.45) is 4.42. The van der Waals surface area contributed by atoms with Crippen molar-refractivity contribution in [3.8, 4) is 0 Å². The standard InChI is InChI=1S/C62H65Cl2N3O2S2/c1-2-59(68)61-55(47-34-36-56(63)57(64)44-47)45-51-35-37-58(61)67(51)40-21-39-66(41-43-71(52-28-15-6-16-29-52,53-30-17-7-18-31-53)54-32-19-8-20-33-54)46-60(69)65-38-42-70-62(48-22-9-3-10-23-48,49-24-11-4-12-25-49)50-26-13-5-14-27-50/h3-20,22-34,36,44,51,55,58,61H,2,21,35,37-43,45-46H2,1H3,(H,65,69)/t51?,55-,58?,61+/m1/s1. The molecule has 71 heavy (non-hydrogen) atoms. The molecule has 0 spiro atoms. The summed E-state index contributed by atoms with van der Waals surface area (Å²) in [5.41, 5.74) is 4.74. The van der Waals surface area contributed by atoms with E-state index in [1.54, 1.807) is 0 Å². The summed E-state index contributed by atoms with van der Waals surface area (Å²) in [7, 11) is -1.73. The molecule has 2 aliphatic rings. The number of piperidine rings is 1. The molecule has 5 nitrogen and oxygen atoms in total. The van der Waals surface area contributed by atoms with Gasteiger partial charge in [0.15, 0.2) is 0 Å². The quantitative estimate of drug-likeness (QED) is 0.0542. The highest BCUT2D eigenvalue weighted by Gasteiger charge is 2.49. The number of rotatable bonds is 22. The largest absolute Gasteiger partial charge is 0.354 e. The molecule has 2 bridgehead atoms. The van der Waals surface area contributed by atoms with Crippen molar-refractivity contribution in [2.45, 2.75) is 76.5 Å². The Bertz CT molecular complexity index is 2600. The Balaban J connectivity index is 0.960. The second kappa shape index (κ2) is 24.1. The Hall–Kier alpha value is -5.12. The van der Waals surface area contributed by atoms with Crippen LogP contribution in [-0.2, 0) is 14.3 Å². The van der Waals surface area contributed by atoms with Gasteiger partial charge in [-0.2, -0.15) is 10.0 Å². The maximum Gasteiger partial charge on any atom is 0.234 e. The van der Waals surface area contributed by atoms with Gasteiger partial charge in [0, 0.05) is 49.0 Å². The van der Waals surface area contributed by atoms with Gasteiger partial charge >= 0.3 is 0 Å². The van der Waals surface area contributed by atoms with Crippen molar-refractivity contribution < 1.29 is 9.59 Å². The van der Waals surface area contributed by atoms with Crippen LogP contribution in [0.5, 0.6) is 0 Å². The number of amides is 1. The van der Waals surface area contributed by atoms with E-state index in [2.05, 4.69) is 203 Å². The number of carbonyl (C=O) groups is 2. The summed E-state index contributed by atoms with van der Waals surface area (Å²) in [5.74, 6) is 1.95. The van der Waals surface area contributed by atoms with E-state index in [9.17, 15) is 9.59 Å². The van der Waals surface area contributed by atoms with E-state index >= 15 is 0 Å². The van der Waals surface area contributed by atoms with E-state index in [-0.39, 0.29) is 23.8 Å². The van der Waals surface area contributed by atoms with Crippen molar-refractivity contribution in [3.63, 3.8) is 0 Å². The van der Waals surface area contributed by atoms with Crippen molar-refractivity contribution in [2.24, 2.45) is 5.92 Å². The summed E-state index contributed by atoms with van der Waals surface area (Å²) >= 11 is 14.8. The molecule has 1 amide bonds. The smallest absolute Gasteiger partial charge is 0.234 e. The van der Waals surface area contributed by atoms with Crippen LogP contribution >= 0.6 is 45.0 Å². The molecule has 0 saturated carbocycles. The van der Waals surface area contributed by atoms with Crippen LogP contribution < -0.4 is 5.32 Å². The van der Waals surface area contributed by atoms with Crippen LogP contribution in [0.4, 0.5) is 0 Å². The van der Waals surface area contributed by atoms with Crippen molar-refractivity contribution in [1.82, 2.24) is 15.1 Å². The van der Waals surface area contributed by atoms with Crippen LogP contribution in [0.2, 0.25) is 10.0 Å². The van der Waals surface area contributed by atoms with Crippen molar-refractivity contribution in [2.75, 3.05) is 44.2 Å². The van der Waals surface area contributed by atoms with Gasteiger partial charge in [-0.15, -0.1) is 11.8 Å². The zero-order valence-electron chi connectivity index (χ0n) is 40.6. The van der Waals surface area contributed by atoms with Gasteiger partial charge in [0.05, 0.1) is 21.3 Å². The molecule has 2 aliphatic heterocycles. The SMILES string of the molecule is CCC(=O)[C@@H]1C2CCC(C[C@@H]1c1ccc(Cl)c(Cl)c1)N2CCCN(CCS(c1ccccc1)(c1ccccc1)c1ccccc1)CC(=O)NCCSC(c1ccccc1)(c1ccccc1)c1ccccc1. The molecule has 9 heteroatoms. The lowest BCUT2D eigenvalue weighted by atomic mass is 9.73. The predicted octanol–water partition coefficient (Wildman–Crippen LogP) is 14.4. The molecule has 2 unspecified atom stereocenters. The third kappa shape index (κ3) is 11.3. The molecule has 2 fully saturated rings. The van der Waals surface area contributed by atoms with Crippen molar-refractivity contribution in [3.05, 3.63) is 232 Å². The van der Waals surface area contributed by atoms with E-state index in [0.717, 1.165) is 56.6 Å². The lowest BCUT2D eigenvalue weighted by Gasteiger charge is -2.45. The first-order chi connectivity index (χ1) is 34.8. The molecule has 0 radical (unpaired) electrons. The highest BCUT2D eigenvalue weighted by Crippen LogP contribution is 2.68. The molecular formula is C62H65Cl2N3O2S2. The van der Waals surface area contributed by atoms with E-state index in [1.165, 1.54) is 31.4 Å². The maximum absolute atomic E-state index is 14.4. The molecule has 1 N–H and O–H groups in total. The van der Waals surface area contributed by atoms with Crippen LogP contribution in [0.1, 0.15) is 67.2 Å². The fourth-order valence-corrected chi connectivity index (χ4v) is 17.2. The number of Topliss-reactive ketones (excluding diaryl/α,β-unsaturated/α-hetero) is 1. The van der Waals surface area contributed by atoms with Gasteiger partial charge in [0.1, 0.15) is 5.78 Å². The summed E-state index contributed by atoms with van der Waals surface area (Å²) in [6, 6.07) is 71.7. The Morgan fingerprint density at radius 2 is 1.17 bits per heavy atom. The lowest BCUT2D eigenvalue weighted by Crippen LogP contribution is -2.51. The first kappa shape index (κ1) is 50.8. The van der Waals surface area contributed by atoms with Crippen molar-refractivity contribution >= 4 is 56.7 Å². The number of hydrogen-bond donors (Lipinski definition) is 1. The Labute approximate surface area is 437 Å². The minimum atomic E-state index is -1.73. The predicted molar refractivity (Wildman–Crippen MR) is 298 cm³/mol. The van der Waals surface area contributed by atoms with Crippen LogP contribution in [0.15, 0.2) is 215 Å². The molecule has 7 aromatic carbocycles. The van der Waals surface area contributed by atoms with Gasteiger partial charge in [-0.1, -0.05) is 182 Å². The number of ketones is 1. The Kier molecular flexibility index (Phi) is 17.2. The second-order valence-electron chi connectivity index (χ2n) is 18.9. The fourth-order valence-electron chi connectivity index (χ4n) is 11.6. The number of benzene rings is 7. The molecule has 7 aromatic rings. The van der Waals surface area contributed by atoms with Gasteiger partial charge in [0.25, 0.3) is 0 Å². The number of halogens is 2. The zero-order chi connectivity index (χ0) is 49.0. The monoisotopic (exact) mass is 1020 g/mol. The van der Waals surface area contributed by atoms with Gasteiger partial charge in [-0.05, 0) is 130 Å². The first-order valence-corrected chi connectivity index (χ1v) is 28.9. The topological polar surface area (TPSA) is 52.7 Å². The molecule has 2 heterocycles. The van der Waals surface area contributed by atoms with Gasteiger partial charge in [-0.25, -0.2) is 0 Å². The lowest BCUT2D eigenvalue weighted by molar-refractivity contribution is -0.127. The molecule has 0 aliphatic carbocycles. The highest BCUT2D eigenvalue weighted by molar-refractivity contribution is 8.33. The molecule has 0 aromatic heterocycles. The number of nitrogens with zero attached hydrogens (tertiary/aromatic N) is 2. The summed E-state index contributed by atoms with van der Waals surface area (Å²) in [5, 5.41) is 4.47. The van der Waals surface area contributed by atoms with Crippen LogP contribution in [-0.4, -0.2) is 77.8 Å². The first-order valence-electron chi connectivity index (χ1n) is 25.3. The zero-order valence-corrected chi connectivity index (χ0v) is 43.8. The minimum Gasteiger partial charge on any atom is -0.354 e. The summed E-state index contributed by atoms with van der Waals surface area (Å²) in [4.78, 5) is 37.3. The van der Waals surface area contributed by atoms with E-state index in [4.69, 9.17) is 23.2 Å². The van der Waals surface area contributed by atoms with Crippen molar-refractivity contribution in [1.29, 1.82) is 0 Å². The van der Waals surface area contributed by atoms with E-state index < -0.39 is 14.8 Å². The van der Waals surface area contributed by atoms with Gasteiger partial charge in [0.2, 0.25) is 5.91 Å². The minimum absolute atomic E-state index is 0.0335. The second-order valence-corrected chi connectivity index (χ2v) is 24.3. The molecule has 366 valence electrons. The number of hydrogen-bond acceptors (Lipinski definition) is 5. The normalized spacial score (nSPS) is 18.3. The number of nitrogens with one attached hydrogen (secondary N) is 1. The Morgan fingerprint density at radius 3 is 1.66 bits per heavy atom. The number of thioether (sulfide) groups is 1. The van der Waals surface area contributed by atoms with Crippen LogP contribution in [0.3, 0.4) is 0 Å². The van der Waals surface area contributed by atoms with Gasteiger partial charge in [-0.3, -0.25) is 19.4 Å². The summed E-state index contributed by atoms with van der Waals surface area (Å²) in [6.45, 7) is 5.19. The third-order valence-corrected chi connectivity index (χ3v) is 21.2. The molecule has 4 atom stereocenters. The Morgan fingerprint density at radius 1 is 0.662 bits per heavy atom. The fraction of sp³-hybridized carbons (Fsp3) is 0.290. The number of fused-ring (bicyclic) bond motifs is 2. The van der Waals surface area contributed by atoms with E-state index in [1.807, 2.05) is 30.8 Å². The average Bonchev–Trinajstić information content (AvgIpc) is 3.70. The van der Waals surface area contributed by atoms with Crippen LogP contribution in [0.25, 0.3) is 0 Å². The maximum atomic E-state index is 14.4. The third-order valence-electron chi connectivity index (χ3n) is 14.8. The highest BCUT2D eigenvalue weighted by atomic mass is 35.5.